The molecule has 0 saturated heterocycles. The Morgan fingerprint density at radius 2 is 0.960 bits per heavy atom. The van der Waals surface area contributed by atoms with Crippen molar-refractivity contribution in [3.05, 3.63) is 188 Å². The second-order valence-corrected chi connectivity index (χ2v) is 14.0. The van der Waals surface area contributed by atoms with E-state index in [0.717, 1.165) is 11.4 Å². The highest BCUT2D eigenvalue weighted by atomic mass is 32.1. The number of thiophene rings is 1. The topological polar surface area (TPSA) is 3.24 Å². The fourth-order valence-corrected chi connectivity index (χ4v) is 8.92. The molecule has 0 fully saturated rings. The van der Waals surface area contributed by atoms with Crippen molar-refractivity contribution in [1.82, 2.24) is 0 Å². The molecule has 0 saturated carbocycles. The van der Waals surface area contributed by atoms with Gasteiger partial charge in [-0.3, -0.25) is 0 Å². The fourth-order valence-electron chi connectivity index (χ4n) is 7.70. The maximum Gasteiger partial charge on any atom is 0.0640 e. The Morgan fingerprint density at radius 1 is 0.360 bits per heavy atom. The normalized spacial score (nSPS) is 11.6. The van der Waals surface area contributed by atoms with Crippen molar-refractivity contribution in [1.29, 1.82) is 0 Å². The zero-order valence-corrected chi connectivity index (χ0v) is 28.1. The fraction of sp³-hybridized carbons (Fsp3) is 0. The zero-order chi connectivity index (χ0) is 33.0. The second-order valence-electron chi connectivity index (χ2n) is 12.9. The molecule has 0 amide bonds. The molecule has 0 N–H and O–H groups in total. The highest BCUT2D eigenvalue weighted by Crippen LogP contribution is 2.47. The van der Waals surface area contributed by atoms with Gasteiger partial charge in [-0.25, -0.2) is 0 Å². The van der Waals surface area contributed by atoms with Crippen molar-refractivity contribution >= 4 is 80.9 Å². The molecule has 1 nitrogen and oxygen atoms in total. The molecule has 10 rings (SSSR count). The molecule has 50 heavy (non-hydrogen) atoms. The van der Waals surface area contributed by atoms with Crippen LogP contribution in [0.1, 0.15) is 0 Å². The van der Waals surface area contributed by atoms with Crippen molar-refractivity contribution in [3.8, 4) is 22.3 Å². The van der Waals surface area contributed by atoms with Gasteiger partial charge in [0.25, 0.3) is 0 Å². The SMILES string of the molecule is c1ccc(-c2cccc3cccc(-c4ccc(N(c5ccc6ccccc6c5)c5cccc6c5sc5ccc7ccccc7c56)cc4)c23)cc1. The molecule has 1 heterocycles. The van der Waals surface area contributed by atoms with Crippen LogP contribution in [0.25, 0.3) is 74.7 Å². The van der Waals surface area contributed by atoms with E-state index in [9.17, 15) is 0 Å². The highest BCUT2D eigenvalue weighted by molar-refractivity contribution is 7.26. The first-order chi connectivity index (χ1) is 24.8. The van der Waals surface area contributed by atoms with Gasteiger partial charge in [0.15, 0.2) is 0 Å². The summed E-state index contributed by atoms with van der Waals surface area (Å²) in [6, 6.07) is 68.7. The van der Waals surface area contributed by atoms with Crippen molar-refractivity contribution in [2.45, 2.75) is 0 Å². The van der Waals surface area contributed by atoms with E-state index in [-0.39, 0.29) is 0 Å². The average molecular weight is 654 g/mol. The molecule has 10 aromatic rings. The van der Waals surface area contributed by atoms with Gasteiger partial charge in [0.2, 0.25) is 0 Å². The van der Waals surface area contributed by atoms with Gasteiger partial charge in [0.05, 0.1) is 10.4 Å². The quantitative estimate of drug-likeness (QED) is 0.179. The van der Waals surface area contributed by atoms with Crippen molar-refractivity contribution in [2.24, 2.45) is 0 Å². The predicted octanol–water partition coefficient (Wildman–Crippen LogP) is 14.3. The maximum absolute atomic E-state index is 2.44. The number of anilines is 3. The molecular formula is C48H31NS. The molecule has 0 aliphatic rings. The molecule has 0 spiro atoms. The third kappa shape index (κ3) is 4.69. The Labute approximate surface area is 294 Å². The van der Waals surface area contributed by atoms with Crippen LogP contribution in [0.15, 0.2) is 188 Å². The standard InChI is InChI=1S/C48H31NS/c1-2-12-33(13-3-1)40-19-8-16-36-17-9-20-41(46(36)40)35-24-27-38(28-25-35)49(39-29-23-32-11-4-5-15-37(32)31-39)44-22-10-21-43-47-42-18-7-6-14-34(42)26-30-45(47)50-48(43)44/h1-31H. The molecule has 234 valence electrons. The minimum atomic E-state index is 1.13. The summed E-state index contributed by atoms with van der Waals surface area (Å²) in [4.78, 5) is 2.44. The summed E-state index contributed by atoms with van der Waals surface area (Å²) in [5.74, 6) is 0. The van der Waals surface area contributed by atoms with Gasteiger partial charge in [0.1, 0.15) is 0 Å². The van der Waals surface area contributed by atoms with Gasteiger partial charge in [-0.05, 0) is 91.0 Å². The molecule has 0 aliphatic heterocycles. The number of fused-ring (bicyclic) bond motifs is 7. The Morgan fingerprint density at radius 3 is 1.76 bits per heavy atom. The van der Waals surface area contributed by atoms with E-state index in [0.29, 0.717) is 0 Å². The highest BCUT2D eigenvalue weighted by Gasteiger charge is 2.20. The minimum absolute atomic E-state index is 1.13. The molecule has 2 heteroatoms. The van der Waals surface area contributed by atoms with Crippen LogP contribution in [0, 0.1) is 0 Å². The lowest BCUT2D eigenvalue weighted by atomic mass is 9.91. The molecular weight excluding hydrogens is 623 g/mol. The summed E-state index contributed by atoms with van der Waals surface area (Å²) in [6.45, 7) is 0. The Kier molecular flexibility index (Phi) is 6.75. The molecule has 0 radical (unpaired) electrons. The van der Waals surface area contributed by atoms with Crippen LogP contribution in [-0.4, -0.2) is 0 Å². The van der Waals surface area contributed by atoms with Crippen LogP contribution < -0.4 is 4.90 Å². The summed E-state index contributed by atoms with van der Waals surface area (Å²) >= 11 is 1.88. The van der Waals surface area contributed by atoms with E-state index in [1.807, 2.05) is 11.3 Å². The van der Waals surface area contributed by atoms with Gasteiger partial charge in [0, 0.05) is 26.8 Å². The third-order valence-corrected chi connectivity index (χ3v) is 11.2. The van der Waals surface area contributed by atoms with Crippen LogP contribution >= 0.6 is 11.3 Å². The third-order valence-electron chi connectivity index (χ3n) is 10.0. The van der Waals surface area contributed by atoms with Crippen LogP contribution in [0.2, 0.25) is 0 Å². The van der Waals surface area contributed by atoms with E-state index >= 15 is 0 Å². The summed E-state index contributed by atoms with van der Waals surface area (Å²) in [5.41, 5.74) is 8.38. The summed E-state index contributed by atoms with van der Waals surface area (Å²) in [6.07, 6.45) is 0. The number of hydrogen-bond acceptors (Lipinski definition) is 2. The second kappa shape index (κ2) is 11.7. The van der Waals surface area contributed by atoms with Crippen LogP contribution in [0.3, 0.4) is 0 Å². The maximum atomic E-state index is 2.44. The zero-order valence-electron chi connectivity index (χ0n) is 27.3. The number of benzene rings is 9. The van der Waals surface area contributed by atoms with Gasteiger partial charge in [-0.15, -0.1) is 11.3 Å². The lowest BCUT2D eigenvalue weighted by molar-refractivity contribution is 1.31. The lowest BCUT2D eigenvalue weighted by Crippen LogP contribution is -2.10. The van der Waals surface area contributed by atoms with Gasteiger partial charge in [-0.2, -0.15) is 0 Å². The van der Waals surface area contributed by atoms with Gasteiger partial charge < -0.3 is 4.90 Å². The van der Waals surface area contributed by atoms with Gasteiger partial charge in [-0.1, -0.05) is 152 Å². The van der Waals surface area contributed by atoms with Gasteiger partial charge >= 0.3 is 0 Å². The smallest absolute Gasteiger partial charge is 0.0640 e. The van der Waals surface area contributed by atoms with Crippen LogP contribution in [0.4, 0.5) is 17.1 Å². The largest absolute Gasteiger partial charge is 0.309 e. The van der Waals surface area contributed by atoms with Crippen molar-refractivity contribution in [2.75, 3.05) is 4.90 Å². The predicted molar refractivity (Wildman–Crippen MR) is 217 cm³/mol. The molecule has 0 atom stereocenters. The first-order valence-corrected chi connectivity index (χ1v) is 17.9. The molecule has 0 bridgehead atoms. The lowest BCUT2D eigenvalue weighted by Gasteiger charge is -2.27. The Hall–Kier alpha value is -6.22. The van der Waals surface area contributed by atoms with Crippen molar-refractivity contribution in [3.63, 3.8) is 0 Å². The first kappa shape index (κ1) is 28.8. The number of hydrogen-bond donors (Lipinski definition) is 0. The number of nitrogens with zero attached hydrogens (tertiary/aromatic N) is 1. The van der Waals surface area contributed by atoms with E-state index in [2.05, 4.69) is 193 Å². The average Bonchev–Trinajstić information content (AvgIpc) is 3.58. The molecule has 1 aromatic heterocycles. The summed E-state index contributed by atoms with van der Waals surface area (Å²) in [5, 5.41) is 10.2. The van der Waals surface area contributed by atoms with Crippen LogP contribution in [-0.2, 0) is 0 Å². The summed E-state index contributed by atoms with van der Waals surface area (Å²) < 4.78 is 2.60. The first-order valence-electron chi connectivity index (χ1n) is 17.1. The number of rotatable bonds is 5. The van der Waals surface area contributed by atoms with E-state index in [1.54, 1.807) is 0 Å². The summed E-state index contributed by atoms with van der Waals surface area (Å²) in [7, 11) is 0. The van der Waals surface area contributed by atoms with Crippen LogP contribution in [0.5, 0.6) is 0 Å². The molecule has 0 unspecified atom stereocenters. The molecule has 0 aliphatic carbocycles. The van der Waals surface area contributed by atoms with E-state index in [4.69, 9.17) is 0 Å². The van der Waals surface area contributed by atoms with Crippen molar-refractivity contribution < 1.29 is 0 Å². The van der Waals surface area contributed by atoms with E-state index in [1.165, 1.54) is 80.4 Å². The monoisotopic (exact) mass is 653 g/mol. The Bertz CT molecular complexity index is 2860. The minimum Gasteiger partial charge on any atom is -0.309 e. The van der Waals surface area contributed by atoms with E-state index < -0.39 is 0 Å². The molecule has 9 aromatic carbocycles. The Balaban J connectivity index is 1.17.